The molecule has 0 spiro atoms. The standard InChI is InChI=1S/C23H26N8O2S/c32-20(30-28-14-4-5-14)13-24-11-15-10-19-21(34-15)23(31-6-8-33-9-7-31)27-22(26-19)16-2-1-3-18-17(16)12-25-29-18/h1-3,10,12,14,24,28H,4-9,11,13H2,(H,25,29)(H,30,32). The summed E-state index contributed by atoms with van der Waals surface area (Å²) < 4.78 is 6.62. The number of aromatic amines is 1. The van der Waals surface area contributed by atoms with E-state index >= 15 is 0 Å². The van der Waals surface area contributed by atoms with Crippen LogP contribution in [0.2, 0.25) is 0 Å². The van der Waals surface area contributed by atoms with Gasteiger partial charge in [0.25, 0.3) is 0 Å². The maximum absolute atomic E-state index is 12.0. The van der Waals surface area contributed by atoms with Gasteiger partial charge >= 0.3 is 0 Å². The molecule has 34 heavy (non-hydrogen) atoms. The number of hydrogen-bond acceptors (Lipinski definition) is 9. The molecule has 1 aromatic carbocycles. The van der Waals surface area contributed by atoms with Crippen LogP contribution in [0.3, 0.4) is 0 Å². The summed E-state index contributed by atoms with van der Waals surface area (Å²) in [5.41, 5.74) is 8.60. The number of hydrogen-bond donors (Lipinski definition) is 4. The van der Waals surface area contributed by atoms with E-state index in [4.69, 9.17) is 14.7 Å². The van der Waals surface area contributed by atoms with E-state index in [0.29, 0.717) is 31.6 Å². The average Bonchev–Trinajstić information content (AvgIpc) is 3.40. The lowest BCUT2D eigenvalue weighted by molar-refractivity contribution is -0.121. The zero-order valence-corrected chi connectivity index (χ0v) is 19.5. The third kappa shape index (κ3) is 4.47. The van der Waals surface area contributed by atoms with Crippen LogP contribution < -0.4 is 21.1 Å². The summed E-state index contributed by atoms with van der Waals surface area (Å²) in [6, 6.07) is 8.55. The van der Waals surface area contributed by atoms with Crippen molar-refractivity contribution in [1.82, 2.24) is 36.3 Å². The molecule has 0 radical (unpaired) electrons. The molecule has 1 amide bonds. The summed E-state index contributed by atoms with van der Waals surface area (Å²) >= 11 is 1.67. The molecule has 176 valence electrons. The van der Waals surface area contributed by atoms with E-state index in [-0.39, 0.29) is 12.5 Å². The number of benzene rings is 1. The Hall–Kier alpha value is -3.12. The van der Waals surface area contributed by atoms with Crippen molar-refractivity contribution in [3.05, 3.63) is 35.3 Å². The second-order valence-electron chi connectivity index (χ2n) is 8.60. The van der Waals surface area contributed by atoms with Crippen LogP contribution in [-0.4, -0.2) is 65.0 Å². The van der Waals surface area contributed by atoms with Gasteiger partial charge in [-0.25, -0.2) is 15.4 Å². The highest BCUT2D eigenvalue weighted by atomic mass is 32.1. The zero-order chi connectivity index (χ0) is 22.9. The van der Waals surface area contributed by atoms with Gasteiger partial charge in [-0.05, 0) is 25.0 Å². The molecular formula is C23H26N8O2S. The average molecular weight is 479 g/mol. The Morgan fingerprint density at radius 2 is 2.12 bits per heavy atom. The monoisotopic (exact) mass is 478 g/mol. The Balaban J connectivity index is 1.29. The third-order valence-corrected chi connectivity index (χ3v) is 7.14. The minimum Gasteiger partial charge on any atom is -0.378 e. The molecule has 1 aliphatic carbocycles. The first-order chi connectivity index (χ1) is 16.7. The van der Waals surface area contributed by atoms with Gasteiger partial charge in [0.2, 0.25) is 5.91 Å². The van der Waals surface area contributed by atoms with E-state index < -0.39 is 0 Å². The molecule has 2 aliphatic rings. The summed E-state index contributed by atoms with van der Waals surface area (Å²) in [6.45, 7) is 3.79. The Morgan fingerprint density at radius 3 is 2.97 bits per heavy atom. The zero-order valence-electron chi connectivity index (χ0n) is 18.6. The van der Waals surface area contributed by atoms with Gasteiger partial charge in [0.05, 0.1) is 41.7 Å². The number of H-pyrrole nitrogens is 1. The van der Waals surface area contributed by atoms with Crippen molar-refractivity contribution in [3.8, 4) is 11.4 Å². The number of thiophene rings is 1. The fraction of sp³-hybridized carbons (Fsp3) is 0.391. The van der Waals surface area contributed by atoms with Crippen molar-refractivity contribution in [3.63, 3.8) is 0 Å². The van der Waals surface area contributed by atoms with Gasteiger partial charge in [0.15, 0.2) is 11.6 Å². The number of rotatable bonds is 8. The highest BCUT2D eigenvalue weighted by Gasteiger charge is 2.22. The van der Waals surface area contributed by atoms with Crippen molar-refractivity contribution >= 4 is 44.2 Å². The summed E-state index contributed by atoms with van der Waals surface area (Å²) in [5, 5.41) is 11.4. The van der Waals surface area contributed by atoms with E-state index in [9.17, 15) is 4.79 Å². The van der Waals surface area contributed by atoms with Crippen molar-refractivity contribution in [1.29, 1.82) is 0 Å². The lowest BCUT2D eigenvalue weighted by Gasteiger charge is -2.28. The van der Waals surface area contributed by atoms with Gasteiger partial charge in [-0.1, -0.05) is 12.1 Å². The molecule has 4 aromatic rings. The predicted octanol–water partition coefficient (Wildman–Crippen LogP) is 1.94. The van der Waals surface area contributed by atoms with Crippen molar-refractivity contribution in [2.24, 2.45) is 0 Å². The van der Waals surface area contributed by atoms with Gasteiger partial charge in [0, 0.05) is 41.5 Å². The number of carbonyl (C=O) groups is 1. The second-order valence-corrected chi connectivity index (χ2v) is 9.74. The Labute approximate surface area is 200 Å². The van der Waals surface area contributed by atoms with Gasteiger partial charge in [0.1, 0.15) is 0 Å². The molecule has 0 bridgehead atoms. The number of aromatic nitrogens is 4. The Bertz CT molecular complexity index is 1330. The SMILES string of the molecule is O=C(CNCc1cc2nc(-c3cccc4[nH]ncc34)nc(N3CCOCC3)c2s1)NNC1CC1. The maximum Gasteiger partial charge on any atom is 0.248 e. The number of morpholine rings is 1. The molecule has 4 N–H and O–H groups in total. The van der Waals surface area contributed by atoms with Crippen LogP contribution in [0, 0.1) is 0 Å². The summed E-state index contributed by atoms with van der Waals surface area (Å²) in [6.07, 6.45) is 4.07. The summed E-state index contributed by atoms with van der Waals surface area (Å²) in [7, 11) is 0. The second kappa shape index (κ2) is 9.26. The van der Waals surface area contributed by atoms with Crippen LogP contribution in [0.1, 0.15) is 17.7 Å². The number of fused-ring (bicyclic) bond motifs is 2. The molecule has 6 rings (SSSR count). The molecule has 0 unspecified atom stereocenters. The lowest BCUT2D eigenvalue weighted by atomic mass is 10.1. The molecule has 1 saturated heterocycles. The van der Waals surface area contributed by atoms with Gasteiger partial charge in [-0.3, -0.25) is 15.3 Å². The smallest absolute Gasteiger partial charge is 0.248 e. The number of amides is 1. The molecule has 1 aliphatic heterocycles. The molecule has 10 nitrogen and oxygen atoms in total. The van der Waals surface area contributed by atoms with Gasteiger partial charge in [-0.2, -0.15) is 5.10 Å². The van der Waals surface area contributed by atoms with Gasteiger partial charge < -0.3 is 15.0 Å². The third-order valence-electron chi connectivity index (χ3n) is 6.02. The Kier molecular flexibility index (Phi) is 5.83. The first-order valence-electron chi connectivity index (χ1n) is 11.6. The van der Waals surface area contributed by atoms with Crippen LogP contribution in [0.5, 0.6) is 0 Å². The highest BCUT2D eigenvalue weighted by molar-refractivity contribution is 7.19. The van der Waals surface area contributed by atoms with Crippen molar-refractivity contribution in [2.75, 3.05) is 37.7 Å². The number of anilines is 1. The number of hydrazine groups is 1. The minimum atomic E-state index is -0.0581. The van der Waals surface area contributed by atoms with Crippen LogP contribution in [0.4, 0.5) is 5.82 Å². The predicted molar refractivity (Wildman–Crippen MR) is 132 cm³/mol. The Morgan fingerprint density at radius 1 is 1.24 bits per heavy atom. The van der Waals surface area contributed by atoms with E-state index in [1.165, 1.54) is 0 Å². The molecule has 11 heteroatoms. The molecule has 4 heterocycles. The number of nitrogens with one attached hydrogen (secondary N) is 4. The first-order valence-corrected chi connectivity index (χ1v) is 12.4. The fourth-order valence-corrected chi connectivity index (χ4v) is 5.16. The van der Waals surface area contributed by atoms with Crippen LogP contribution in [0.25, 0.3) is 32.5 Å². The summed E-state index contributed by atoms with van der Waals surface area (Å²) in [4.78, 5) is 25.4. The van der Waals surface area contributed by atoms with Crippen molar-refractivity contribution < 1.29 is 9.53 Å². The minimum absolute atomic E-state index is 0.0581. The van der Waals surface area contributed by atoms with Crippen LogP contribution in [-0.2, 0) is 16.1 Å². The number of ether oxygens (including phenoxy) is 1. The topological polar surface area (TPSA) is 120 Å². The van der Waals surface area contributed by atoms with E-state index in [1.807, 2.05) is 24.4 Å². The van der Waals surface area contributed by atoms with Gasteiger partial charge in [-0.15, -0.1) is 11.3 Å². The van der Waals surface area contributed by atoms with Crippen LogP contribution in [0.15, 0.2) is 30.5 Å². The normalized spacial score (nSPS) is 16.4. The molecule has 0 atom stereocenters. The quantitative estimate of drug-likeness (QED) is 0.284. The fourth-order valence-electron chi connectivity index (χ4n) is 4.08. The lowest BCUT2D eigenvalue weighted by Crippen LogP contribution is -2.43. The molecule has 1 saturated carbocycles. The number of nitrogens with zero attached hydrogens (tertiary/aromatic N) is 4. The number of carbonyl (C=O) groups excluding carboxylic acids is 1. The molecular weight excluding hydrogens is 452 g/mol. The molecule has 2 fully saturated rings. The van der Waals surface area contributed by atoms with Crippen LogP contribution >= 0.6 is 11.3 Å². The van der Waals surface area contributed by atoms with E-state index in [2.05, 4.69) is 37.3 Å². The van der Waals surface area contributed by atoms with Crippen molar-refractivity contribution in [2.45, 2.75) is 25.4 Å². The first kappa shape index (κ1) is 21.4. The summed E-state index contributed by atoms with van der Waals surface area (Å²) in [5.74, 6) is 1.56. The van der Waals surface area contributed by atoms with E-state index in [1.54, 1.807) is 11.3 Å². The maximum atomic E-state index is 12.0. The van der Waals surface area contributed by atoms with E-state index in [0.717, 1.165) is 63.3 Å². The highest BCUT2D eigenvalue weighted by Crippen LogP contribution is 2.35. The molecule has 3 aromatic heterocycles. The largest absolute Gasteiger partial charge is 0.378 e.